The fraction of sp³-hybridized carbons (Fsp3) is 0.588. The van der Waals surface area contributed by atoms with Crippen LogP contribution in [0.15, 0.2) is 17.2 Å². The van der Waals surface area contributed by atoms with Gasteiger partial charge in [-0.05, 0) is 19.8 Å². The molecule has 30 heavy (non-hydrogen) atoms. The molecule has 3 unspecified atom stereocenters. The average molecular weight is 418 g/mol. The SMILES string of the molecule is CC(O)C(NC(=O)CN1CC2(CCCN2C(=O)c2ncnn2C)C1=O)c1ncno1. The van der Waals surface area contributed by atoms with Gasteiger partial charge in [-0.3, -0.25) is 14.4 Å². The van der Waals surface area contributed by atoms with Gasteiger partial charge in [0.2, 0.25) is 11.7 Å². The highest BCUT2D eigenvalue weighted by Crippen LogP contribution is 2.39. The molecular formula is C17H22N8O5. The van der Waals surface area contributed by atoms with E-state index in [4.69, 9.17) is 4.52 Å². The van der Waals surface area contributed by atoms with E-state index in [1.54, 1.807) is 7.05 Å². The molecule has 0 saturated carbocycles. The number of hydrogen-bond donors (Lipinski definition) is 2. The van der Waals surface area contributed by atoms with E-state index in [-0.39, 0.29) is 36.6 Å². The van der Waals surface area contributed by atoms with Crippen molar-refractivity contribution in [1.82, 2.24) is 40.0 Å². The van der Waals surface area contributed by atoms with E-state index < -0.39 is 23.6 Å². The summed E-state index contributed by atoms with van der Waals surface area (Å²) in [6, 6.07) is -0.884. The minimum absolute atomic E-state index is 0.0704. The number of nitrogens with one attached hydrogen (secondary N) is 1. The van der Waals surface area contributed by atoms with Crippen molar-refractivity contribution in [3.05, 3.63) is 24.4 Å². The largest absolute Gasteiger partial charge is 0.391 e. The lowest BCUT2D eigenvalue weighted by atomic mass is 9.85. The van der Waals surface area contributed by atoms with Crippen LogP contribution in [0.1, 0.15) is 42.3 Å². The van der Waals surface area contributed by atoms with Crippen molar-refractivity contribution < 1.29 is 24.0 Å². The zero-order chi connectivity index (χ0) is 21.5. The fourth-order valence-corrected chi connectivity index (χ4v) is 4.06. The second kappa shape index (κ2) is 7.48. The van der Waals surface area contributed by atoms with Crippen LogP contribution in [0.3, 0.4) is 0 Å². The van der Waals surface area contributed by atoms with Gasteiger partial charge in [-0.1, -0.05) is 5.16 Å². The first-order chi connectivity index (χ1) is 14.3. The van der Waals surface area contributed by atoms with Crippen molar-refractivity contribution in [3.63, 3.8) is 0 Å². The number of carbonyl (C=O) groups is 3. The summed E-state index contributed by atoms with van der Waals surface area (Å²) in [5.74, 6) is -0.875. The summed E-state index contributed by atoms with van der Waals surface area (Å²) in [5, 5.41) is 19.9. The number of hydrogen-bond acceptors (Lipinski definition) is 9. The number of amides is 3. The van der Waals surface area contributed by atoms with Crippen molar-refractivity contribution in [3.8, 4) is 0 Å². The lowest BCUT2D eigenvalue weighted by molar-refractivity contribution is -0.161. The van der Waals surface area contributed by atoms with Gasteiger partial charge >= 0.3 is 0 Å². The van der Waals surface area contributed by atoms with Gasteiger partial charge in [-0.15, -0.1) is 0 Å². The van der Waals surface area contributed by atoms with Gasteiger partial charge in [0.05, 0.1) is 19.2 Å². The number of aliphatic hydroxyl groups excluding tert-OH is 1. The molecule has 1 spiro atoms. The number of aromatic nitrogens is 5. The van der Waals surface area contributed by atoms with Crippen molar-refractivity contribution in [2.24, 2.45) is 7.05 Å². The maximum Gasteiger partial charge on any atom is 0.292 e. The summed E-state index contributed by atoms with van der Waals surface area (Å²) in [5.41, 5.74) is -0.945. The third-order valence-electron chi connectivity index (χ3n) is 5.55. The highest BCUT2D eigenvalue weighted by molar-refractivity contribution is 6.02. The normalized spacial score (nSPS) is 22.8. The number of carbonyl (C=O) groups excluding carboxylic acids is 3. The second-order valence-electron chi connectivity index (χ2n) is 7.53. The Morgan fingerprint density at radius 1 is 1.37 bits per heavy atom. The predicted octanol–water partition coefficient (Wildman–Crippen LogP) is -1.75. The molecule has 13 heteroatoms. The highest BCUT2D eigenvalue weighted by Gasteiger charge is 2.60. The second-order valence-corrected chi connectivity index (χ2v) is 7.53. The monoisotopic (exact) mass is 418 g/mol. The molecule has 4 rings (SSSR count). The first kappa shape index (κ1) is 19.9. The molecule has 2 aromatic heterocycles. The number of β-lactam (4-membered cyclic amide) rings is 1. The predicted molar refractivity (Wildman–Crippen MR) is 97.4 cm³/mol. The summed E-state index contributed by atoms with van der Waals surface area (Å²) in [4.78, 5) is 49.0. The zero-order valence-corrected chi connectivity index (χ0v) is 16.6. The number of likely N-dealkylation sites (tertiary alicyclic amines) is 2. The standard InChI is InChI=1S/C17H22N8O5/c1-10(26)12(14-19-9-21-30-14)22-11(27)6-24-7-17(16(24)29)4-3-5-25(17)15(28)13-18-8-20-23(13)2/h8-10,12,26H,3-7H2,1-2H3,(H,22,27). The van der Waals surface area contributed by atoms with Crippen molar-refractivity contribution in [1.29, 1.82) is 0 Å². The van der Waals surface area contributed by atoms with Gasteiger partial charge in [0.25, 0.3) is 17.7 Å². The molecule has 13 nitrogen and oxygen atoms in total. The summed E-state index contributed by atoms with van der Waals surface area (Å²) < 4.78 is 6.28. The average Bonchev–Trinajstić information content (AvgIpc) is 3.46. The van der Waals surface area contributed by atoms with Gasteiger partial charge in [0.15, 0.2) is 6.33 Å². The minimum Gasteiger partial charge on any atom is -0.391 e. The number of nitrogens with zero attached hydrogens (tertiary/aromatic N) is 7. The molecule has 2 aromatic rings. The Hall–Kier alpha value is -3.35. The molecule has 2 fully saturated rings. The molecule has 0 aliphatic carbocycles. The lowest BCUT2D eigenvalue weighted by Crippen LogP contribution is -2.73. The summed E-state index contributed by atoms with van der Waals surface area (Å²) in [6.45, 7) is 1.97. The molecule has 2 aliphatic rings. The summed E-state index contributed by atoms with van der Waals surface area (Å²) in [7, 11) is 1.62. The van der Waals surface area contributed by atoms with Gasteiger partial charge in [0.1, 0.15) is 17.9 Å². The van der Waals surface area contributed by atoms with Crippen LogP contribution in [0.2, 0.25) is 0 Å². The first-order valence-corrected chi connectivity index (χ1v) is 9.53. The summed E-state index contributed by atoms with van der Waals surface area (Å²) in [6.07, 6.45) is 2.71. The highest BCUT2D eigenvalue weighted by atomic mass is 16.5. The van der Waals surface area contributed by atoms with Crippen molar-refractivity contribution >= 4 is 17.7 Å². The van der Waals surface area contributed by atoms with Crippen LogP contribution in [0.25, 0.3) is 0 Å². The molecule has 0 bridgehead atoms. The summed E-state index contributed by atoms with van der Waals surface area (Å²) >= 11 is 0. The van der Waals surface area contributed by atoms with Gasteiger partial charge in [-0.2, -0.15) is 10.1 Å². The molecule has 3 amide bonds. The molecule has 0 aromatic carbocycles. The van der Waals surface area contributed by atoms with E-state index in [2.05, 4.69) is 25.5 Å². The lowest BCUT2D eigenvalue weighted by Gasteiger charge is -2.50. The topological polar surface area (TPSA) is 160 Å². The van der Waals surface area contributed by atoms with Crippen LogP contribution in [0.5, 0.6) is 0 Å². The maximum atomic E-state index is 13.0. The first-order valence-electron chi connectivity index (χ1n) is 9.53. The van der Waals surface area contributed by atoms with Gasteiger partial charge in [-0.25, -0.2) is 9.67 Å². The molecule has 0 radical (unpaired) electrons. The van der Waals surface area contributed by atoms with Crippen LogP contribution in [0.4, 0.5) is 0 Å². The third kappa shape index (κ3) is 3.20. The zero-order valence-electron chi connectivity index (χ0n) is 16.6. The maximum absolute atomic E-state index is 13.0. The Morgan fingerprint density at radius 3 is 2.77 bits per heavy atom. The van der Waals surface area contributed by atoms with E-state index in [9.17, 15) is 19.5 Å². The van der Waals surface area contributed by atoms with Gasteiger partial charge in [0, 0.05) is 13.6 Å². The Labute approximate surface area is 171 Å². The van der Waals surface area contributed by atoms with Crippen LogP contribution in [-0.4, -0.2) is 88.8 Å². The smallest absolute Gasteiger partial charge is 0.292 e. The number of rotatable bonds is 6. The minimum atomic E-state index is -0.970. The molecule has 2 saturated heterocycles. The van der Waals surface area contributed by atoms with Crippen LogP contribution >= 0.6 is 0 Å². The molecule has 3 atom stereocenters. The van der Waals surface area contributed by atoms with Crippen molar-refractivity contribution in [2.75, 3.05) is 19.6 Å². The van der Waals surface area contributed by atoms with E-state index in [1.807, 2.05) is 0 Å². The number of aliphatic hydroxyl groups is 1. The molecule has 4 heterocycles. The fourth-order valence-electron chi connectivity index (χ4n) is 4.06. The van der Waals surface area contributed by atoms with Crippen LogP contribution < -0.4 is 5.32 Å². The van der Waals surface area contributed by atoms with Crippen LogP contribution in [-0.2, 0) is 16.6 Å². The van der Waals surface area contributed by atoms with E-state index >= 15 is 0 Å². The Bertz CT molecular complexity index is 957. The molecule has 2 N–H and O–H groups in total. The third-order valence-corrected chi connectivity index (χ3v) is 5.55. The Kier molecular flexibility index (Phi) is 4.97. The van der Waals surface area contributed by atoms with E-state index in [0.29, 0.717) is 19.4 Å². The van der Waals surface area contributed by atoms with E-state index in [1.165, 1.54) is 34.1 Å². The molecular weight excluding hydrogens is 396 g/mol. The molecule has 160 valence electrons. The molecule has 2 aliphatic heterocycles. The van der Waals surface area contributed by atoms with Crippen LogP contribution in [0, 0.1) is 0 Å². The quantitative estimate of drug-likeness (QED) is 0.519. The Balaban J connectivity index is 1.40. The van der Waals surface area contributed by atoms with Crippen molar-refractivity contribution in [2.45, 2.75) is 37.5 Å². The number of aryl methyl sites for hydroxylation is 1. The van der Waals surface area contributed by atoms with Gasteiger partial charge < -0.3 is 24.7 Å². The van der Waals surface area contributed by atoms with E-state index in [0.717, 1.165) is 0 Å². The Morgan fingerprint density at radius 2 is 2.17 bits per heavy atom.